The van der Waals surface area contributed by atoms with Crippen molar-refractivity contribution in [2.75, 3.05) is 13.1 Å². The van der Waals surface area contributed by atoms with E-state index in [-0.39, 0.29) is 5.41 Å². The van der Waals surface area contributed by atoms with Gasteiger partial charge < -0.3 is 0 Å². The van der Waals surface area contributed by atoms with Crippen molar-refractivity contribution in [1.29, 1.82) is 0 Å². The first-order valence-corrected chi connectivity index (χ1v) is 8.95. The first kappa shape index (κ1) is 15.7. The van der Waals surface area contributed by atoms with Crippen molar-refractivity contribution < 1.29 is 0 Å². The average Bonchev–Trinajstić information content (AvgIpc) is 3.08. The molecule has 3 heterocycles. The number of piperidine rings is 1. The van der Waals surface area contributed by atoms with E-state index in [1.807, 2.05) is 17.9 Å². The second-order valence-electron chi connectivity index (χ2n) is 7.39. The molecule has 0 aliphatic carbocycles. The van der Waals surface area contributed by atoms with Crippen LogP contribution in [0.5, 0.6) is 0 Å². The number of aromatic nitrogens is 3. The Morgan fingerprint density at radius 3 is 2.55 bits per heavy atom. The van der Waals surface area contributed by atoms with E-state index < -0.39 is 0 Å². The SMILES string of the molecule is Cn1cc(C2CCN(Cc3csc(C(C)(C)C)n3)CC2)cn1. The molecule has 0 radical (unpaired) electrons. The molecule has 0 atom stereocenters. The van der Waals surface area contributed by atoms with Gasteiger partial charge in [-0.2, -0.15) is 5.10 Å². The summed E-state index contributed by atoms with van der Waals surface area (Å²) in [6.45, 7) is 10.00. The molecule has 0 bridgehead atoms. The summed E-state index contributed by atoms with van der Waals surface area (Å²) in [6.07, 6.45) is 6.64. The lowest BCUT2D eigenvalue weighted by Crippen LogP contribution is -2.32. The van der Waals surface area contributed by atoms with Crippen LogP contribution in [0.4, 0.5) is 0 Å². The lowest BCUT2D eigenvalue weighted by Gasteiger charge is -2.31. The van der Waals surface area contributed by atoms with Gasteiger partial charge in [-0.25, -0.2) is 4.98 Å². The quantitative estimate of drug-likeness (QED) is 0.868. The van der Waals surface area contributed by atoms with Crippen LogP contribution in [0.15, 0.2) is 17.8 Å². The summed E-state index contributed by atoms with van der Waals surface area (Å²) < 4.78 is 1.91. The Bertz CT molecular complexity index is 615. The van der Waals surface area contributed by atoms with Crippen LogP contribution in [0.2, 0.25) is 0 Å². The number of nitrogens with zero attached hydrogens (tertiary/aromatic N) is 4. The molecule has 22 heavy (non-hydrogen) atoms. The zero-order chi connectivity index (χ0) is 15.7. The van der Waals surface area contributed by atoms with Crippen molar-refractivity contribution in [3.05, 3.63) is 34.0 Å². The normalized spacial score (nSPS) is 18.0. The monoisotopic (exact) mass is 318 g/mol. The van der Waals surface area contributed by atoms with Crippen molar-refractivity contribution >= 4 is 11.3 Å². The molecule has 0 aromatic carbocycles. The van der Waals surface area contributed by atoms with Crippen LogP contribution in [-0.4, -0.2) is 32.8 Å². The highest BCUT2D eigenvalue weighted by Crippen LogP contribution is 2.29. The van der Waals surface area contributed by atoms with Gasteiger partial charge in [0.05, 0.1) is 16.9 Å². The van der Waals surface area contributed by atoms with Crippen LogP contribution in [0.3, 0.4) is 0 Å². The summed E-state index contributed by atoms with van der Waals surface area (Å²) in [5.41, 5.74) is 2.79. The predicted molar refractivity (Wildman–Crippen MR) is 91.3 cm³/mol. The smallest absolute Gasteiger partial charge is 0.0982 e. The molecule has 0 spiro atoms. The number of rotatable bonds is 3. The summed E-state index contributed by atoms with van der Waals surface area (Å²) in [4.78, 5) is 7.36. The third-order valence-corrected chi connectivity index (χ3v) is 5.68. The maximum absolute atomic E-state index is 4.82. The minimum atomic E-state index is 0.163. The number of aryl methyl sites for hydroxylation is 1. The highest BCUT2D eigenvalue weighted by atomic mass is 32.1. The summed E-state index contributed by atoms with van der Waals surface area (Å²) >= 11 is 1.80. The molecule has 1 aliphatic heterocycles. The van der Waals surface area contributed by atoms with Crippen LogP contribution in [0.25, 0.3) is 0 Å². The molecule has 1 fully saturated rings. The highest BCUT2D eigenvalue weighted by molar-refractivity contribution is 7.09. The largest absolute Gasteiger partial charge is 0.297 e. The summed E-state index contributed by atoms with van der Waals surface area (Å²) in [7, 11) is 1.99. The van der Waals surface area contributed by atoms with Crippen molar-refractivity contribution in [3.63, 3.8) is 0 Å². The van der Waals surface area contributed by atoms with Gasteiger partial charge in [0.15, 0.2) is 0 Å². The van der Waals surface area contributed by atoms with Crippen molar-refractivity contribution in [2.45, 2.75) is 51.5 Å². The first-order chi connectivity index (χ1) is 10.4. The van der Waals surface area contributed by atoms with Gasteiger partial charge in [0.25, 0.3) is 0 Å². The van der Waals surface area contributed by atoms with Crippen molar-refractivity contribution in [2.24, 2.45) is 7.05 Å². The Morgan fingerprint density at radius 2 is 2.00 bits per heavy atom. The van der Waals surface area contributed by atoms with Gasteiger partial charge in [-0.05, 0) is 37.4 Å². The summed E-state index contributed by atoms with van der Waals surface area (Å²) in [5, 5.41) is 7.77. The van der Waals surface area contributed by atoms with E-state index in [4.69, 9.17) is 4.98 Å². The minimum absolute atomic E-state index is 0.163. The zero-order valence-corrected chi connectivity index (χ0v) is 14.9. The van der Waals surface area contributed by atoms with E-state index in [0.717, 1.165) is 19.6 Å². The van der Waals surface area contributed by atoms with E-state index in [0.29, 0.717) is 5.92 Å². The molecule has 5 heteroatoms. The van der Waals surface area contributed by atoms with Crippen LogP contribution in [0.1, 0.15) is 55.8 Å². The van der Waals surface area contributed by atoms with Crippen LogP contribution in [0, 0.1) is 0 Å². The van der Waals surface area contributed by atoms with E-state index in [1.54, 1.807) is 11.3 Å². The van der Waals surface area contributed by atoms with E-state index in [9.17, 15) is 0 Å². The zero-order valence-electron chi connectivity index (χ0n) is 14.0. The highest BCUT2D eigenvalue weighted by Gasteiger charge is 2.23. The van der Waals surface area contributed by atoms with Gasteiger partial charge in [0, 0.05) is 30.6 Å². The van der Waals surface area contributed by atoms with Crippen molar-refractivity contribution in [1.82, 2.24) is 19.7 Å². The number of hydrogen-bond donors (Lipinski definition) is 0. The van der Waals surface area contributed by atoms with E-state index >= 15 is 0 Å². The van der Waals surface area contributed by atoms with Gasteiger partial charge in [0.2, 0.25) is 0 Å². The number of thiazole rings is 1. The Morgan fingerprint density at radius 1 is 1.27 bits per heavy atom. The molecule has 0 amide bonds. The predicted octanol–water partition coefficient (Wildman–Crippen LogP) is 3.55. The fourth-order valence-electron chi connectivity index (χ4n) is 3.03. The number of hydrogen-bond acceptors (Lipinski definition) is 4. The van der Waals surface area contributed by atoms with Crippen LogP contribution in [-0.2, 0) is 19.0 Å². The maximum Gasteiger partial charge on any atom is 0.0982 e. The van der Waals surface area contributed by atoms with E-state index in [1.165, 1.54) is 29.1 Å². The fraction of sp³-hybridized carbons (Fsp3) is 0.647. The van der Waals surface area contributed by atoms with Crippen LogP contribution >= 0.6 is 11.3 Å². The topological polar surface area (TPSA) is 34.0 Å². The molecular weight excluding hydrogens is 292 g/mol. The minimum Gasteiger partial charge on any atom is -0.297 e. The molecule has 2 aromatic heterocycles. The van der Waals surface area contributed by atoms with E-state index in [2.05, 4.69) is 42.3 Å². The Hall–Kier alpha value is -1.20. The summed E-state index contributed by atoms with van der Waals surface area (Å²) in [5.74, 6) is 0.672. The molecule has 120 valence electrons. The van der Waals surface area contributed by atoms with Crippen molar-refractivity contribution in [3.8, 4) is 0 Å². The molecule has 0 unspecified atom stereocenters. The Kier molecular flexibility index (Phi) is 4.37. The lowest BCUT2D eigenvalue weighted by atomic mass is 9.91. The second kappa shape index (κ2) is 6.13. The molecular formula is C17H26N4S. The molecule has 4 nitrogen and oxygen atoms in total. The third-order valence-electron chi connectivity index (χ3n) is 4.36. The van der Waals surface area contributed by atoms with Gasteiger partial charge in [-0.1, -0.05) is 20.8 Å². The molecule has 0 saturated carbocycles. The standard InChI is InChI=1S/C17H26N4S/c1-17(2,3)16-19-15(12-22-16)11-21-7-5-13(6-8-21)14-9-18-20(4)10-14/h9-10,12-13H,5-8,11H2,1-4H3. The molecule has 3 rings (SSSR count). The van der Waals surface area contributed by atoms with Gasteiger partial charge in [0.1, 0.15) is 0 Å². The molecule has 1 saturated heterocycles. The van der Waals surface area contributed by atoms with Crippen LogP contribution < -0.4 is 0 Å². The van der Waals surface area contributed by atoms with Gasteiger partial charge >= 0.3 is 0 Å². The molecule has 2 aromatic rings. The van der Waals surface area contributed by atoms with Gasteiger partial charge in [-0.3, -0.25) is 9.58 Å². The van der Waals surface area contributed by atoms with Gasteiger partial charge in [-0.15, -0.1) is 11.3 Å². The first-order valence-electron chi connectivity index (χ1n) is 8.07. The average molecular weight is 318 g/mol. The molecule has 0 N–H and O–H groups in total. The molecule has 1 aliphatic rings. The number of likely N-dealkylation sites (tertiary alicyclic amines) is 1. The Labute approximate surface area is 137 Å². The third kappa shape index (κ3) is 3.58. The lowest BCUT2D eigenvalue weighted by molar-refractivity contribution is 0.202. The Balaban J connectivity index is 1.55. The summed E-state index contributed by atoms with van der Waals surface area (Å²) in [6, 6.07) is 0. The second-order valence-corrected chi connectivity index (χ2v) is 8.25. The maximum atomic E-state index is 4.82. The fourth-order valence-corrected chi connectivity index (χ4v) is 3.93.